The molecule has 0 heterocycles. The van der Waals surface area contributed by atoms with E-state index in [1.807, 2.05) is 6.08 Å². The van der Waals surface area contributed by atoms with Gasteiger partial charge in [-0.05, 0) is 87.5 Å². The van der Waals surface area contributed by atoms with Crippen LogP contribution in [0.15, 0.2) is 11.6 Å². The van der Waals surface area contributed by atoms with E-state index in [2.05, 4.69) is 12.8 Å². The van der Waals surface area contributed by atoms with Crippen LogP contribution in [-0.4, -0.2) is 5.78 Å². The maximum Gasteiger partial charge on any atom is 0.155 e. The van der Waals surface area contributed by atoms with Crippen LogP contribution in [0, 0.1) is 47.3 Å². The molecule has 0 aromatic rings. The Balaban J connectivity index is 1.60. The van der Waals surface area contributed by atoms with Crippen LogP contribution in [0.1, 0.15) is 58.3 Å². The van der Waals surface area contributed by atoms with E-state index in [0.29, 0.717) is 5.78 Å². The topological polar surface area (TPSA) is 17.1 Å². The van der Waals surface area contributed by atoms with Crippen LogP contribution >= 0.6 is 0 Å². The fraction of sp³-hybridized carbons (Fsp3) is 0.750. The SMILES string of the molecule is C#C[C@@]1(C)CC[C@@H]2C1CC[C@H]1[C@H]2CCC2=CC(=O)CC[C@@H]21. The first-order valence-electron chi connectivity index (χ1n) is 8.83. The number of carbonyl (C=O) groups excluding carboxylic acids is 1. The zero-order chi connectivity index (χ0) is 14.6. The van der Waals surface area contributed by atoms with Crippen LogP contribution in [0.4, 0.5) is 0 Å². The first-order chi connectivity index (χ1) is 10.1. The van der Waals surface area contributed by atoms with E-state index >= 15 is 0 Å². The third-order valence-corrected chi connectivity index (χ3v) is 7.38. The van der Waals surface area contributed by atoms with Crippen molar-refractivity contribution < 1.29 is 4.79 Å². The van der Waals surface area contributed by atoms with Crippen molar-refractivity contribution in [3.05, 3.63) is 11.6 Å². The van der Waals surface area contributed by atoms with Crippen molar-refractivity contribution in [2.24, 2.45) is 35.0 Å². The van der Waals surface area contributed by atoms with E-state index in [9.17, 15) is 4.79 Å². The average Bonchev–Trinajstić information content (AvgIpc) is 2.85. The summed E-state index contributed by atoms with van der Waals surface area (Å²) in [5, 5.41) is 0. The molecule has 0 amide bonds. The fourth-order valence-electron chi connectivity index (χ4n) is 6.33. The molecule has 1 unspecified atom stereocenters. The minimum atomic E-state index is 0.161. The van der Waals surface area contributed by atoms with Gasteiger partial charge in [-0.2, -0.15) is 0 Å². The van der Waals surface area contributed by atoms with Gasteiger partial charge >= 0.3 is 0 Å². The summed E-state index contributed by atoms with van der Waals surface area (Å²) in [4.78, 5) is 11.7. The molecule has 4 aliphatic carbocycles. The van der Waals surface area contributed by atoms with Crippen molar-refractivity contribution >= 4 is 5.78 Å². The second-order valence-electron chi connectivity index (χ2n) is 8.15. The lowest BCUT2D eigenvalue weighted by Gasteiger charge is -2.50. The van der Waals surface area contributed by atoms with E-state index < -0.39 is 0 Å². The summed E-state index contributed by atoms with van der Waals surface area (Å²) in [7, 11) is 0. The van der Waals surface area contributed by atoms with E-state index in [-0.39, 0.29) is 5.41 Å². The van der Waals surface area contributed by atoms with E-state index in [1.165, 1.54) is 44.1 Å². The largest absolute Gasteiger partial charge is 0.295 e. The molecule has 4 rings (SSSR count). The molecule has 0 aromatic carbocycles. The highest BCUT2D eigenvalue weighted by Gasteiger charge is 2.53. The van der Waals surface area contributed by atoms with Crippen LogP contribution in [0.5, 0.6) is 0 Å². The molecule has 0 radical (unpaired) electrons. The van der Waals surface area contributed by atoms with Gasteiger partial charge < -0.3 is 0 Å². The van der Waals surface area contributed by atoms with Crippen LogP contribution in [0.25, 0.3) is 0 Å². The molecule has 3 saturated carbocycles. The molecule has 21 heavy (non-hydrogen) atoms. The Kier molecular flexibility index (Phi) is 3.07. The van der Waals surface area contributed by atoms with E-state index in [4.69, 9.17) is 6.42 Å². The van der Waals surface area contributed by atoms with Gasteiger partial charge in [0.15, 0.2) is 5.78 Å². The van der Waals surface area contributed by atoms with Crippen molar-refractivity contribution in [1.29, 1.82) is 0 Å². The molecular formula is C20H26O. The van der Waals surface area contributed by atoms with Crippen molar-refractivity contribution in [3.8, 4) is 12.3 Å². The Labute approximate surface area is 128 Å². The third kappa shape index (κ3) is 1.95. The maximum absolute atomic E-state index is 11.7. The molecule has 3 fully saturated rings. The van der Waals surface area contributed by atoms with Crippen LogP contribution in [0.2, 0.25) is 0 Å². The number of rotatable bonds is 0. The van der Waals surface area contributed by atoms with Gasteiger partial charge in [0.2, 0.25) is 0 Å². The maximum atomic E-state index is 11.7. The Bertz CT molecular complexity index is 537. The lowest BCUT2D eigenvalue weighted by atomic mass is 9.54. The first kappa shape index (κ1) is 13.6. The second-order valence-corrected chi connectivity index (χ2v) is 8.15. The lowest BCUT2D eigenvalue weighted by Crippen LogP contribution is -2.43. The summed E-state index contributed by atoms with van der Waals surface area (Å²) < 4.78 is 0. The van der Waals surface area contributed by atoms with Gasteiger partial charge in [-0.1, -0.05) is 11.5 Å². The molecule has 0 saturated heterocycles. The monoisotopic (exact) mass is 282 g/mol. The molecule has 1 nitrogen and oxygen atoms in total. The normalized spacial score (nSPS) is 48.7. The highest BCUT2D eigenvalue weighted by Crippen LogP contribution is 2.61. The molecule has 4 aliphatic rings. The second kappa shape index (κ2) is 4.73. The van der Waals surface area contributed by atoms with Crippen molar-refractivity contribution in [3.63, 3.8) is 0 Å². The standard InChI is InChI=1S/C20H26O/c1-3-20(2)11-10-18-17-6-4-13-12-14(21)5-7-15(13)16(17)8-9-19(18)20/h1,12,15-19H,4-11H2,2H3/t15-,16+,17+,18-,19?,20-/m0/s1. The third-order valence-electron chi connectivity index (χ3n) is 7.38. The van der Waals surface area contributed by atoms with Gasteiger partial charge in [0, 0.05) is 11.8 Å². The van der Waals surface area contributed by atoms with Crippen molar-refractivity contribution in [2.75, 3.05) is 0 Å². The molecule has 1 heteroatoms. The van der Waals surface area contributed by atoms with Gasteiger partial charge in [-0.3, -0.25) is 4.79 Å². The Morgan fingerprint density at radius 2 is 1.95 bits per heavy atom. The zero-order valence-electron chi connectivity index (χ0n) is 13.1. The first-order valence-corrected chi connectivity index (χ1v) is 8.83. The van der Waals surface area contributed by atoms with Crippen molar-refractivity contribution in [2.45, 2.75) is 58.3 Å². The molecular weight excluding hydrogens is 256 g/mol. The summed E-state index contributed by atoms with van der Waals surface area (Å²) >= 11 is 0. The number of allylic oxidation sites excluding steroid dienone is 1. The number of terminal acetylenes is 1. The molecule has 0 aromatic heterocycles. The Hall–Kier alpha value is -1.03. The van der Waals surface area contributed by atoms with Gasteiger partial charge in [-0.15, -0.1) is 6.42 Å². The summed E-state index contributed by atoms with van der Waals surface area (Å²) in [6.45, 7) is 2.32. The van der Waals surface area contributed by atoms with Gasteiger partial charge in [0.25, 0.3) is 0 Å². The highest BCUT2D eigenvalue weighted by atomic mass is 16.1. The predicted molar refractivity (Wildman–Crippen MR) is 84.4 cm³/mol. The number of fused-ring (bicyclic) bond motifs is 5. The Morgan fingerprint density at radius 3 is 2.76 bits per heavy atom. The molecule has 112 valence electrons. The molecule has 0 aliphatic heterocycles. The number of hydrogen-bond acceptors (Lipinski definition) is 1. The number of ketones is 1. The van der Waals surface area contributed by atoms with Crippen LogP contribution in [0.3, 0.4) is 0 Å². The molecule has 0 spiro atoms. The zero-order valence-corrected chi connectivity index (χ0v) is 13.1. The van der Waals surface area contributed by atoms with Crippen LogP contribution < -0.4 is 0 Å². The molecule has 0 N–H and O–H groups in total. The van der Waals surface area contributed by atoms with Gasteiger partial charge in [-0.25, -0.2) is 0 Å². The van der Waals surface area contributed by atoms with Crippen molar-refractivity contribution in [1.82, 2.24) is 0 Å². The minimum Gasteiger partial charge on any atom is -0.295 e. The average molecular weight is 282 g/mol. The van der Waals surface area contributed by atoms with Crippen LogP contribution in [-0.2, 0) is 4.79 Å². The van der Waals surface area contributed by atoms with Gasteiger partial charge in [0.1, 0.15) is 0 Å². The summed E-state index contributed by atoms with van der Waals surface area (Å²) in [6.07, 6.45) is 17.5. The van der Waals surface area contributed by atoms with Gasteiger partial charge in [0.05, 0.1) is 0 Å². The predicted octanol–water partition coefficient (Wildman–Crippen LogP) is 4.38. The number of hydrogen-bond donors (Lipinski definition) is 0. The Morgan fingerprint density at radius 1 is 1.10 bits per heavy atom. The summed E-state index contributed by atoms with van der Waals surface area (Å²) in [6, 6.07) is 0. The summed E-state index contributed by atoms with van der Waals surface area (Å²) in [5.41, 5.74) is 1.65. The fourth-order valence-corrected chi connectivity index (χ4v) is 6.33. The molecule has 0 bridgehead atoms. The number of carbonyl (C=O) groups is 1. The summed E-state index contributed by atoms with van der Waals surface area (Å²) in [5.74, 6) is 7.59. The smallest absolute Gasteiger partial charge is 0.155 e. The van der Waals surface area contributed by atoms with E-state index in [0.717, 1.165) is 42.4 Å². The molecule has 6 atom stereocenters. The lowest BCUT2D eigenvalue weighted by molar-refractivity contribution is -0.115. The highest BCUT2D eigenvalue weighted by molar-refractivity contribution is 5.91. The quantitative estimate of drug-likeness (QED) is 0.603. The minimum absolute atomic E-state index is 0.161. The van der Waals surface area contributed by atoms with E-state index in [1.54, 1.807) is 0 Å².